The van der Waals surface area contributed by atoms with Crippen molar-refractivity contribution in [1.29, 1.82) is 0 Å². The average molecular weight is 276 g/mol. The summed E-state index contributed by atoms with van der Waals surface area (Å²) in [4.78, 5) is 0. The van der Waals surface area contributed by atoms with Crippen molar-refractivity contribution in [2.45, 2.75) is 31.6 Å². The number of nitrogens with one attached hydrogen (secondary N) is 1. The quantitative estimate of drug-likeness (QED) is 0.881. The van der Waals surface area contributed by atoms with Gasteiger partial charge < -0.3 is 5.32 Å². The molecule has 0 aliphatic carbocycles. The summed E-state index contributed by atoms with van der Waals surface area (Å²) < 4.78 is 14.0. The molecule has 0 aliphatic rings. The fourth-order valence-corrected chi connectivity index (χ4v) is 2.62. The number of thioether (sulfide) groups is 1. The number of hydrogen-bond donors (Lipinski definition) is 1. The highest BCUT2D eigenvalue weighted by molar-refractivity contribution is 8.00. The van der Waals surface area contributed by atoms with Gasteiger partial charge in [0.05, 0.1) is 0 Å². The summed E-state index contributed by atoms with van der Waals surface area (Å²) in [6, 6.07) is 4.85. The third kappa shape index (κ3) is 4.86. The van der Waals surface area contributed by atoms with Gasteiger partial charge in [0.1, 0.15) is 5.82 Å². The SMILES string of the molecule is CNC(CSC(C)(C)C)c1ccc(Cl)cc1F. The molecule has 4 heteroatoms. The summed E-state index contributed by atoms with van der Waals surface area (Å²) in [6.07, 6.45) is 0. The van der Waals surface area contributed by atoms with Gasteiger partial charge in [0.15, 0.2) is 0 Å². The number of hydrogen-bond acceptors (Lipinski definition) is 2. The highest BCUT2D eigenvalue weighted by Gasteiger charge is 2.18. The van der Waals surface area contributed by atoms with Gasteiger partial charge >= 0.3 is 0 Å². The van der Waals surface area contributed by atoms with Crippen molar-refractivity contribution in [2.24, 2.45) is 0 Å². The standard InChI is InChI=1S/C13H19ClFNS/c1-13(2,3)17-8-12(16-4)10-6-5-9(14)7-11(10)15/h5-7,12,16H,8H2,1-4H3. The van der Waals surface area contributed by atoms with Gasteiger partial charge in [-0.15, -0.1) is 0 Å². The summed E-state index contributed by atoms with van der Waals surface area (Å²) >= 11 is 7.56. The van der Waals surface area contributed by atoms with Crippen molar-refractivity contribution < 1.29 is 4.39 Å². The third-order valence-corrected chi connectivity index (χ3v) is 3.97. The Morgan fingerprint density at radius 3 is 2.53 bits per heavy atom. The van der Waals surface area contributed by atoms with Gasteiger partial charge in [0, 0.05) is 27.1 Å². The molecule has 96 valence electrons. The first kappa shape index (κ1) is 14.8. The molecule has 0 saturated heterocycles. The van der Waals surface area contributed by atoms with Crippen molar-refractivity contribution in [1.82, 2.24) is 5.32 Å². The molecule has 1 aromatic rings. The van der Waals surface area contributed by atoms with E-state index in [4.69, 9.17) is 11.6 Å². The highest BCUT2D eigenvalue weighted by atomic mass is 35.5. The maximum absolute atomic E-state index is 13.8. The molecular weight excluding hydrogens is 257 g/mol. The number of benzene rings is 1. The van der Waals surface area contributed by atoms with Crippen LogP contribution < -0.4 is 5.32 Å². The summed E-state index contributed by atoms with van der Waals surface area (Å²) in [5.74, 6) is 0.588. The van der Waals surface area contributed by atoms with Crippen LogP contribution in [0.1, 0.15) is 32.4 Å². The zero-order valence-corrected chi connectivity index (χ0v) is 12.3. The van der Waals surface area contributed by atoms with Gasteiger partial charge in [-0.05, 0) is 19.2 Å². The zero-order valence-electron chi connectivity index (χ0n) is 10.7. The molecule has 0 bridgehead atoms. The van der Waals surface area contributed by atoms with E-state index in [1.807, 2.05) is 18.8 Å². The van der Waals surface area contributed by atoms with Crippen LogP contribution in [0.5, 0.6) is 0 Å². The lowest BCUT2D eigenvalue weighted by Crippen LogP contribution is -2.22. The largest absolute Gasteiger partial charge is 0.312 e. The van der Waals surface area contributed by atoms with E-state index in [1.54, 1.807) is 12.1 Å². The van der Waals surface area contributed by atoms with Crippen molar-refractivity contribution in [2.75, 3.05) is 12.8 Å². The molecule has 0 radical (unpaired) electrons. The fraction of sp³-hybridized carbons (Fsp3) is 0.538. The van der Waals surface area contributed by atoms with Crippen LogP contribution in [0.4, 0.5) is 4.39 Å². The van der Waals surface area contributed by atoms with E-state index in [-0.39, 0.29) is 16.6 Å². The molecule has 17 heavy (non-hydrogen) atoms. The molecule has 0 heterocycles. The molecule has 1 nitrogen and oxygen atoms in total. The minimum Gasteiger partial charge on any atom is -0.312 e. The van der Waals surface area contributed by atoms with E-state index >= 15 is 0 Å². The van der Waals surface area contributed by atoms with Gasteiger partial charge in [-0.1, -0.05) is 38.4 Å². The molecule has 0 fully saturated rings. The summed E-state index contributed by atoms with van der Waals surface area (Å²) in [7, 11) is 1.85. The first-order valence-electron chi connectivity index (χ1n) is 5.59. The lowest BCUT2D eigenvalue weighted by molar-refractivity contribution is 0.564. The predicted octanol–water partition coefficient (Wildman–Crippen LogP) is 4.27. The van der Waals surface area contributed by atoms with Crippen LogP contribution in [0.25, 0.3) is 0 Å². The molecule has 0 aromatic heterocycles. The van der Waals surface area contributed by atoms with Gasteiger partial charge in [0.25, 0.3) is 0 Å². The highest BCUT2D eigenvalue weighted by Crippen LogP contribution is 2.29. The first-order valence-corrected chi connectivity index (χ1v) is 6.96. The number of rotatable bonds is 4. The third-order valence-electron chi connectivity index (χ3n) is 2.37. The Hall–Kier alpha value is -0.250. The Morgan fingerprint density at radius 2 is 2.06 bits per heavy atom. The first-order chi connectivity index (χ1) is 7.83. The van der Waals surface area contributed by atoms with E-state index in [0.29, 0.717) is 10.6 Å². The van der Waals surface area contributed by atoms with Crippen LogP contribution in [0.3, 0.4) is 0 Å². The van der Waals surface area contributed by atoms with Crippen LogP contribution in [-0.2, 0) is 0 Å². The predicted molar refractivity (Wildman–Crippen MR) is 75.4 cm³/mol. The van der Waals surface area contributed by atoms with Crippen LogP contribution in [0.2, 0.25) is 5.02 Å². The van der Waals surface area contributed by atoms with Gasteiger partial charge in [0.2, 0.25) is 0 Å². The topological polar surface area (TPSA) is 12.0 Å². The Kier molecular flexibility index (Phi) is 5.29. The number of halogens is 2. The molecule has 1 aromatic carbocycles. The van der Waals surface area contributed by atoms with E-state index in [2.05, 4.69) is 26.1 Å². The van der Waals surface area contributed by atoms with Crippen molar-refractivity contribution in [3.05, 3.63) is 34.6 Å². The van der Waals surface area contributed by atoms with Crippen LogP contribution in [-0.4, -0.2) is 17.5 Å². The maximum atomic E-state index is 13.8. The van der Waals surface area contributed by atoms with Crippen LogP contribution in [0, 0.1) is 5.82 Å². The minimum atomic E-state index is -0.244. The zero-order chi connectivity index (χ0) is 13.1. The summed E-state index contributed by atoms with van der Waals surface area (Å²) in [6.45, 7) is 6.47. The lowest BCUT2D eigenvalue weighted by Gasteiger charge is -2.23. The second kappa shape index (κ2) is 6.07. The van der Waals surface area contributed by atoms with Crippen molar-refractivity contribution in [3.8, 4) is 0 Å². The van der Waals surface area contributed by atoms with Gasteiger partial charge in [-0.25, -0.2) is 4.39 Å². The van der Waals surface area contributed by atoms with Gasteiger partial charge in [-0.3, -0.25) is 0 Å². The fourth-order valence-electron chi connectivity index (χ4n) is 1.45. The smallest absolute Gasteiger partial charge is 0.129 e. The molecule has 0 amide bonds. The molecule has 0 aliphatic heterocycles. The summed E-state index contributed by atoms with van der Waals surface area (Å²) in [5, 5.41) is 3.58. The second-order valence-corrected chi connectivity index (χ2v) is 7.21. The Labute approximate surface area is 112 Å². The molecule has 1 unspecified atom stereocenters. The second-order valence-electron chi connectivity index (χ2n) is 4.93. The summed E-state index contributed by atoms with van der Waals surface area (Å²) in [5.41, 5.74) is 0.675. The molecule has 1 N–H and O–H groups in total. The maximum Gasteiger partial charge on any atom is 0.129 e. The van der Waals surface area contributed by atoms with Crippen molar-refractivity contribution in [3.63, 3.8) is 0 Å². The van der Waals surface area contributed by atoms with Gasteiger partial charge in [-0.2, -0.15) is 11.8 Å². The Bertz CT molecular complexity index is 376. The average Bonchev–Trinajstić information content (AvgIpc) is 2.19. The normalized spacial score (nSPS) is 13.8. The van der Waals surface area contributed by atoms with E-state index in [1.165, 1.54) is 6.07 Å². The Morgan fingerprint density at radius 1 is 1.41 bits per heavy atom. The van der Waals surface area contributed by atoms with Crippen molar-refractivity contribution >= 4 is 23.4 Å². The van der Waals surface area contributed by atoms with E-state index in [9.17, 15) is 4.39 Å². The van der Waals surface area contributed by atoms with E-state index < -0.39 is 0 Å². The molecule has 0 saturated carbocycles. The van der Waals surface area contributed by atoms with Crippen LogP contribution >= 0.6 is 23.4 Å². The minimum absolute atomic E-state index is 0.0106. The molecular formula is C13H19ClFNS. The van der Waals surface area contributed by atoms with Crippen LogP contribution in [0.15, 0.2) is 18.2 Å². The molecule has 1 atom stereocenters. The van der Waals surface area contributed by atoms with E-state index in [0.717, 1.165) is 5.75 Å². The Balaban J connectivity index is 2.79. The molecule has 1 rings (SSSR count). The molecule has 0 spiro atoms. The lowest BCUT2D eigenvalue weighted by atomic mass is 10.1. The monoisotopic (exact) mass is 275 g/mol.